The molecule has 1 fully saturated rings. The van der Waals surface area contributed by atoms with E-state index in [2.05, 4.69) is 27.8 Å². The van der Waals surface area contributed by atoms with Crippen molar-refractivity contribution >= 4 is 28.2 Å². The van der Waals surface area contributed by atoms with E-state index in [0.29, 0.717) is 11.2 Å². The summed E-state index contributed by atoms with van der Waals surface area (Å²) in [5.41, 5.74) is 2.09. The third-order valence-electron chi connectivity index (χ3n) is 3.09. The van der Waals surface area contributed by atoms with Gasteiger partial charge in [0.25, 0.3) is 0 Å². The van der Waals surface area contributed by atoms with Gasteiger partial charge in [0.05, 0.1) is 5.52 Å². The highest BCUT2D eigenvalue weighted by Gasteiger charge is 2.13. The highest BCUT2D eigenvalue weighted by atomic mass is 35.5. The molecule has 88 valence electrons. The van der Waals surface area contributed by atoms with Crippen molar-refractivity contribution in [1.82, 2.24) is 10.3 Å². The Morgan fingerprint density at radius 1 is 1.29 bits per heavy atom. The minimum Gasteiger partial charge on any atom is -0.381 e. The maximum Gasteiger partial charge on any atom is 0.129 e. The summed E-state index contributed by atoms with van der Waals surface area (Å²) in [5, 5.41) is 8.53. The minimum absolute atomic E-state index is 0.535. The van der Waals surface area contributed by atoms with Gasteiger partial charge in [-0.1, -0.05) is 11.6 Å². The first-order chi connectivity index (χ1) is 8.31. The van der Waals surface area contributed by atoms with E-state index in [1.54, 1.807) is 0 Å². The van der Waals surface area contributed by atoms with Crippen LogP contribution in [-0.4, -0.2) is 24.1 Å². The van der Waals surface area contributed by atoms with Gasteiger partial charge in [-0.2, -0.15) is 0 Å². The molecule has 17 heavy (non-hydrogen) atoms. The van der Waals surface area contributed by atoms with E-state index in [0.717, 1.165) is 29.7 Å². The second-order valence-electron chi connectivity index (χ2n) is 4.38. The van der Waals surface area contributed by atoms with Gasteiger partial charge < -0.3 is 10.6 Å². The van der Waals surface area contributed by atoms with Crippen LogP contribution in [0.3, 0.4) is 0 Å². The zero-order valence-corrected chi connectivity index (χ0v) is 10.2. The van der Waals surface area contributed by atoms with Gasteiger partial charge in [-0.15, -0.1) is 0 Å². The Hall–Kier alpha value is -1.32. The second kappa shape index (κ2) is 4.51. The Morgan fingerprint density at radius 3 is 3.06 bits per heavy atom. The van der Waals surface area contributed by atoms with Gasteiger partial charge >= 0.3 is 0 Å². The molecule has 1 atom stereocenters. The summed E-state index contributed by atoms with van der Waals surface area (Å²) in [7, 11) is 0. The fourth-order valence-corrected chi connectivity index (χ4v) is 2.36. The molecule has 1 aromatic heterocycles. The molecule has 1 aliphatic rings. The molecule has 1 aliphatic heterocycles. The Kier molecular flexibility index (Phi) is 2.87. The fraction of sp³-hybridized carbons (Fsp3) is 0.308. The van der Waals surface area contributed by atoms with Crippen LogP contribution in [0.15, 0.2) is 30.3 Å². The number of fused-ring (bicyclic) bond motifs is 1. The van der Waals surface area contributed by atoms with Crippen molar-refractivity contribution in [2.24, 2.45) is 0 Å². The molecular weight excluding hydrogens is 234 g/mol. The monoisotopic (exact) mass is 247 g/mol. The van der Waals surface area contributed by atoms with Crippen LogP contribution in [0, 0.1) is 0 Å². The highest BCUT2D eigenvalue weighted by molar-refractivity contribution is 6.29. The highest BCUT2D eigenvalue weighted by Crippen LogP contribution is 2.20. The van der Waals surface area contributed by atoms with E-state index < -0.39 is 0 Å². The molecule has 0 saturated carbocycles. The first-order valence-electron chi connectivity index (χ1n) is 5.85. The van der Waals surface area contributed by atoms with Crippen molar-refractivity contribution in [3.8, 4) is 0 Å². The van der Waals surface area contributed by atoms with Crippen LogP contribution in [0.5, 0.6) is 0 Å². The topological polar surface area (TPSA) is 37.0 Å². The average molecular weight is 248 g/mol. The van der Waals surface area contributed by atoms with Crippen molar-refractivity contribution in [3.05, 3.63) is 35.5 Å². The van der Waals surface area contributed by atoms with Gasteiger partial charge in [-0.25, -0.2) is 4.98 Å². The number of rotatable bonds is 2. The summed E-state index contributed by atoms with van der Waals surface area (Å²) < 4.78 is 0. The van der Waals surface area contributed by atoms with Crippen molar-refractivity contribution in [1.29, 1.82) is 0 Å². The van der Waals surface area contributed by atoms with Gasteiger partial charge in [0, 0.05) is 23.7 Å². The molecule has 2 aromatic rings. The summed E-state index contributed by atoms with van der Waals surface area (Å²) in [6.07, 6.45) is 1.18. The zero-order chi connectivity index (χ0) is 11.7. The molecule has 3 rings (SSSR count). The van der Waals surface area contributed by atoms with Crippen molar-refractivity contribution in [2.45, 2.75) is 12.5 Å². The Balaban J connectivity index is 1.88. The van der Waals surface area contributed by atoms with Gasteiger partial charge in [-0.05, 0) is 43.3 Å². The number of nitrogens with zero attached hydrogens (tertiary/aromatic N) is 1. The van der Waals surface area contributed by atoms with Crippen LogP contribution >= 0.6 is 11.6 Å². The summed E-state index contributed by atoms with van der Waals surface area (Å²) in [6, 6.07) is 10.5. The number of nitrogens with one attached hydrogen (secondary N) is 2. The molecular formula is C13H14ClN3. The lowest BCUT2D eigenvalue weighted by Crippen LogP contribution is -2.21. The van der Waals surface area contributed by atoms with Gasteiger partial charge in [0.1, 0.15) is 5.15 Å². The summed E-state index contributed by atoms with van der Waals surface area (Å²) >= 11 is 5.86. The van der Waals surface area contributed by atoms with E-state index in [1.165, 1.54) is 6.42 Å². The number of anilines is 1. The summed E-state index contributed by atoms with van der Waals surface area (Å²) in [6.45, 7) is 2.14. The Bertz CT molecular complexity index is 535. The zero-order valence-electron chi connectivity index (χ0n) is 9.41. The van der Waals surface area contributed by atoms with Crippen LogP contribution in [0.25, 0.3) is 10.9 Å². The number of aromatic nitrogens is 1. The molecule has 1 saturated heterocycles. The van der Waals surface area contributed by atoms with Crippen LogP contribution in [0.1, 0.15) is 6.42 Å². The SMILES string of the molecule is Clc1ccc2cc(N[C@@H]3CCNC3)ccc2n1. The van der Waals surface area contributed by atoms with Gasteiger partial charge in [0.15, 0.2) is 0 Å². The van der Waals surface area contributed by atoms with E-state index in [-0.39, 0.29) is 0 Å². The molecule has 0 aliphatic carbocycles. The predicted molar refractivity (Wildman–Crippen MR) is 71.7 cm³/mol. The molecule has 3 nitrogen and oxygen atoms in total. The summed E-state index contributed by atoms with van der Waals surface area (Å²) in [5.74, 6) is 0. The number of hydrogen-bond donors (Lipinski definition) is 2. The first-order valence-corrected chi connectivity index (χ1v) is 6.23. The van der Waals surface area contributed by atoms with E-state index in [1.807, 2.05) is 18.2 Å². The number of hydrogen-bond acceptors (Lipinski definition) is 3. The third kappa shape index (κ3) is 2.35. The third-order valence-corrected chi connectivity index (χ3v) is 3.30. The van der Waals surface area contributed by atoms with Crippen LogP contribution in [-0.2, 0) is 0 Å². The Morgan fingerprint density at radius 2 is 2.24 bits per heavy atom. The molecule has 0 amide bonds. The van der Waals surface area contributed by atoms with Crippen LogP contribution < -0.4 is 10.6 Å². The summed E-state index contributed by atoms with van der Waals surface area (Å²) in [4.78, 5) is 4.27. The van der Waals surface area contributed by atoms with Gasteiger partial charge in [0.2, 0.25) is 0 Å². The molecule has 4 heteroatoms. The molecule has 2 N–H and O–H groups in total. The molecule has 0 radical (unpaired) electrons. The lowest BCUT2D eigenvalue weighted by atomic mass is 10.2. The normalized spacial score (nSPS) is 19.7. The standard InChI is InChI=1S/C13H14ClN3/c14-13-4-1-9-7-10(2-3-12(9)17-13)16-11-5-6-15-8-11/h1-4,7,11,15-16H,5-6,8H2/t11-/m1/s1. The average Bonchev–Trinajstić information content (AvgIpc) is 2.82. The lowest BCUT2D eigenvalue weighted by Gasteiger charge is -2.13. The molecule has 1 aromatic carbocycles. The second-order valence-corrected chi connectivity index (χ2v) is 4.76. The molecule has 2 heterocycles. The smallest absolute Gasteiger partial charge is 0.129 e. The van der Waals surface area contributed by atoms with Crippen LogP contribution in [0.4, 0.5) is 5.69 Å². The minimum atomic E-state index is 0.535. The lowest BCUT2D eigenvalue weighted by molar-refractivity contribution is 0.793. The number of benzene rings is 1. The van der Waals surface area contributed by atoms with Crippen molar-refractivity contribution in [3.63, 3.8) is 0 Å². The predicted octanol–water partition coefficient (Wildman–Crippen LogP) is 2.66. The van der Waals surface area contributed by atoms with E-state index >= 15 is 0 Å². The fourth-order valence-electron chi connectivity index (χ4n) is 2.20. The van der Waals surface area contributed by atoms with Gasteiger partial charge in [-0.3, -0.25) is 0 Å². The number of pyridine rings is 1. The largest absolute Gasteiger partial charge is 0.381 e. The van der Waals surface area contributed by atoms with Crippen molar-refractivity contribution in [2.75, 3.05) is 18.4 Å². The van der Waals surface area contributed by atoms with E-state index in [4.69, 9.17) is 11.6 Å². The quantitative estimate of drug-likeness (QED) is 0.802. The molecule has 0 unspecified atom stereocenters. The Labute approximate surface area is 105 Å². The maximum absolute atomic E-state index is 5.86. The number of halogens is 1. The van der Waals surface area contributed by atoms with E-state index in [9.17, 15) is 0 Å². The van der Waals surface area contributed by atoms with Crippen LogP contribution in [0.2, 0.25) is 5.15 Å². The molecule has 0 bridgehead atoms. The maximum atomic E-state index is 5.86. The molecule has 0 spiro atoms. The van der Waals surface area contributed by atoms with Crippen molar-refractivity contribution < 1.29 is 0 Å². The first kappa shape index (κ1) is 10.8.